The van der Waals surface area contributed by atoms with E-state index >= 15 is 0 Å². The third kappa shape index (κ3) is 4.38. The van der Waals surface area contributed by atoms with Crippen molar-refractivity contribution in [3.63, 3.8) is 0 Å². The molecule has 0 radical (unpaired) electrons. The van der Waals surface area contributed by atoms with Gasteiger partial charge in [0.2, 0.25) is 0 Å². The number of nitrogens with zero attached hydrogens (tertiary/aromatic N) is 2. The van der Waals surface area contributed by atoms with E-state index in [-0.39, 0.29) is 6.17 Å². The smallest absolute Gasteiger partial charge is 0.159 e. The van der Waals surface area contributed by atoms with Gasteiger partial charge in [-0.15, -0.1) is 0 Å². The van der Waals surface area contributed by atoms with E-state index in [2.05, 4.69) is 121 Å². The highest BCUT2D eigenvalue weighted by Gasteiger charge is 2.25. The molecule has 0 saturated heterocycles. The number of fused-ring (bicyclic) bond motifs is 6. The molecule has 0 bridgehead atoms. The second-order valence-electron chi connectivity index (χ2n) is 11.4. The van der Waals surface area contributed by atoms with Crippen LogP contribution < -0.4 is 5.32 Å². The summed E-state index contributed by atoms with van der Waals surface area (Å²) in [4.78, 5) is 10.3. The summed E-state index contributed by atoms with van der Waals surface area (Å²) in [5.41, 5.74) is 7.06. The minimum absolute atomic E-state index is 0.370. The van der Waals surface area contributed by atoms with Crippen molar-refractivity contribution in [3.8, 4) is 11.1 Å². The molecule has 1 aliphatic rings. The zero-order valence-electron chi connectivity index (χ0n) is 24.3. The van der Waals surface area contributed by atoms with Gasteiger partial charge in [-0.1, -0.05) is 127 Å². The van der Waals surface area contributed by atoms with Crippen molar-refractivity contribution < 1.29 is 4.42 Å². The fraction of sp³-hybridized carbons (Fsp3) is 0.0244. The molecule has 1 N–H and O–H groups in total. The van der Waals surface area contributed by atoms with Crippen molar-refractivity contribution in [2.24, 2.45) is 9.98 Å². The SMILES string of the molecule is c1ccc(C2=NC(c3cccc4oc5ccc(-c6ccccc6)cc5c34)NC(c3ccc4c(ccc5ccccc54)c3)=N2)cc1. The van der Waals surface area contributed by atoms with Crippen LogP contribution in [-0.2, 0) is 0 Å². The highest BCUT2D eigenvalue weighted by atomic mass is 16.3. The Morgan fingerprint density at radius 3 is 2.09 bits per heavy atom. The molecule has 0 amide bonds. The molecular formula is C41H27N3O. The quantitative estimate of drug-likeness (QED) is 0.212. The molecular weight excluding hydrogens is 550 g/mol. The van der Waals surface area contributed by atoms with Crippen LogP contribution in [-0.4, -0.2) is 11.7 Å². The number of hydrogen-bond acceptors (Lipinski definition) is 4. The maximum absolute atomic E-state index is 6.37. The number of benzene rings is 7. The highest BCUT2D eigenvalue weighted by molar-refractivity contribution is 6.16. The highest BCUT2D eigenvalue weighted by Crippen LogP contribution is 2.38. The molecule has 1 unspecified atom stereocenters. The van der Waals surface area contributed by atoms with Crippen LogP contribution in [0.25, 0.3) is 54.6 Å². The predicted molar refractivity (Wildman–Crippen MR) is 186 cm³/mol. The summed E-state index contributed by atoms with van der Waals surface area (Å²) in [5.74, 6) is 1.49. The molecule has 0 saturated carbocycles. The second kappa shape index (κ2) is 10.3. The van der Waals surface area contributed by atoms with Crippen LogP contribution in [0.1, 0.15) is 22.9 Å². The van der Waals surface area contributed by atoms with Crippen LogP contribution in [0, 0.1) is 0 Å². The van der Waals surface area contributed by atoms with Gasteiger partial charge >= 0.3 is 0 Å². The number of amidine groups is 2. The molecule has 1 aromatic heterocycles. The maximum atomic E-state index is 6.37. The molecule has 1 atom stereocenters. The van der Waals surface area contributed by atoms with Crippen LogP contribution in [0.3, 0.4) is 0 Å². The van der Waals surface area contributed by atoms with Crippen LogP contribution in [0.4, 0.5) is 0 Å². The Morgan fingerprint density at radius 2 is 1.22 bits per heavy atom. The average molecular weight is 578 g/mol. The van der Waals surface area contributed by atoms with Crippen molar-refractivity contribution in [2.75, 3.05) is 0 Å². The maximum Gasteiger partial charge on any atom is 0.159 e. The monoisotopic (exact) mass is 577 g/mol. The first-order valence-corrected chi connectivity index (χ1v) is 15.2. The topological polar surface area (TPSA) is 49.9 Å². The first kappa shape index (κ1) is 25.5. The van der Waals surface area contributed by atoms with E-state index in [1.165, 1.54) is 27.1 Å². The molecule has 45 heavy (non-hydrogen) atoms. The fourth-order valence-corrected chi connectivity index (χ4v) is 6.53. The van der Waals surface area contributed by atoms with E-state index < -0.39 is 0 Å². The Morgan fingerprint density at radius 1 is 0.489 bits per heavy atom. The predicted octanol–water partition coefficient (Wildman–Crippen LogP) is 10.1. The van der Waals surface area contributed by atoms with Gasteiger partial charge < -0.3 is 9.73 Å². The number of furan rings is 1. The lowest BCUT2D eigenvalue weighted by molar-refractivity contribution is 0.662. The normalized spacial score (nSPS) is 14.9. The third-order valence-corrected chi connectivity index (χ3v) is 8.72. The molecule has 0 fully saturated rings. The average Bonchev–Trinajstić information content (AvgIpc) is 3.50. The van der Waals surface area contributed by atoms with E-state index in [9.17, 15) is 0 Å². The molecule has 4 nitrogen and oxygen atoms in total. The molecule has 212 valence electrons. The third-order valence-electron chi connectivity index (χ3n) is 8.72. The molecule has 2 heterocycles. The zero-order chi connectivity index (χ0) is 29.7. The Labute approximate surface area is 260 Å². The van der Waals surface area contributed by atoms with Gasteiger partial charge in [-0.3, -0.25) is 0 Å². The van der Waals surface area contributed by atoms with Crippen LogP contribution in [0.5, 0.6) is 0 Å². The summed E-state index contributed by atoms with van der Waals surface area (Å²) in [7, 11) is 0. The fourth-order valence-electron chi connectivity index (χ4n) is 6.53. The lowest BCUT2D eigenvalue weighted by atomic mass is 9.98. The first-order valence-electron chi connectivity index (χ1n) is 15.2. The van der Waals surface area contributed by atoms with Gasteiger partial charge in [0.25, 0.3) is 0 Å². The Balaban J connectivity index is 1.20. The van der Waals surface area contributed by atoms with Gasteiger partial charge in [-0.2, -0.15) is 0 Å². The van der Waals surface area contributed by atoms with Gasteiger partial charge in [-0.25, -0.2) is 9.98 Å². The second-order valence-corrected chi connectivity index (χ2v) is 11.4. The lowest BCUT2D eigenvalue weighted by Crippen LogP contribution is -2.33. The van der Waals surface area contributed by atoms with Gasteiger partial charge in [0.05, 0.1) is 0 Å². The van der Waals surface area contributed by atoms with Gasteiger partial charge in [0.15, 0.2) is 5.84 Å². The van der Waals surface area contributed by atoms with Crippen LogP contribution in [0.15, 0.2) is 166 Å². The van der Waals surface area contributed by atoms with E-state index in [0.717, 1.165) is 50.0 Å². The summed E-state index contributed by atoms with van der Waals surface area (Å²) in [6, 6.07) is 52.8. The molecule has 8 aromatic rings. The van der Waals surface area contributed by atoms with Crippen LogP contribution >= 0.6 is 0 Å². The van der Waals surface area contributed by atoms with E-state index in [1.807, 2.05) is 36.4 Å². The van der Waals surface area contributed by atoms with Crippen molar-refractivity contribution in [1.29, 1.82) is 0 Å². The minimum Gasteiger partial charge on any atom is -0.456 e. The molecule has 0 spiro atoms. The lowest BCUT2D eigenvalue weighted by Gasteiger charge is -2.24. The number of aliphatic imine (C=N–C) groups is 2. The van der Waals surface area contributed by atoms with Crippen molar-refractivity contribution in [3.05, 3.63) is 168 Å². The number of rotatable bonds is 4. The molecule has 0 aliphatic carbocycles. The molecule has 4 heteroatoms. The van der Waals surface area contributed by atoms with Crippen molar-refractivity contribution >= 4 is 55.2 Å². The van der Waals surface area contributed by atoms with Crippen LogP contribution in [0.2, 0.25) is 0 Å². The molecule has 1 aliphatic heterocycles. The summed E-state index contributed by atoms with van der Waals surface area (Å²) in [6.07, 6.45) is -0.370. The van der Waals surface area contributed by atoms with Gasteiger partial charge in [0.1, 0.15) is 23.2 Å². The van der Waals surface area contributed by atoms with Crippen molar-refractivity contribution in [1.82, 2.24) is 5.32 Å². The van der Waals surface area contributed by atoms with E-state index in [1.54, 1.807) is 0 Å². The largest absolute Gasteiger partial charge is 0.456 e. The summed E-state index contributed by atoms with van der Waals surface area (Å²) >= 11 is 0. The molecule has 9 rings (SSSR count). The summed E-state index contributed by atoms with van der Waals surface area (Å²) in [6.45, 7) is 0. The van der Waals surface area contributed by atoms with E-state index in [4.69, 9.17) is 14.4 Å². The number of hydrogen-bond donors (Lipinski definition) is 1. The standard InChI is InChI=1S/C41H27N3O/c1-3-10-26(11-4-1)29-21-23-36-35(25-29)38-34(16-9-17-37(38)45-36)41-43-39(28-13-5-2-6-14-28)42-40(44-41)31-20-22-33-30(24-31)19-18-27-12-7-8-15-32(27)33/h1-25,41H,(H,42,43,44). The van der Waals surface area contributed by atoms with Gasteiger partial charge in [-0.05, 0) is 56.9 Å². The summed E-state index contributed by atoms with van der Waals surface area (Å²) < 4.78 is 6.37. The van der Waals surface area contributed by atoms with E-state index in [0.29, 0.717) is 5.84 Å². The summed E-state index contributed by atoms with van der Waals surface area (Å²) in [5, 5.41) is 10.7. The molecule has 7 aromatic carbocycles. The van der Waals surface area contributed by atoms with Crippen molar-refractivity contribution in [2.45, 2.75) is 6.17 Å². The Kier molecular flexibility index (Phi) is 5.85. The first-order chi connectivity index (χ1) is 22.3. The van der Waals surface area contributed by atoms with Gasteiger partial charge in [0, 0.05) is 27.5 Å². The number of nitrogens with one attached hydrogen (secondary N) is 1. The Bertz CT molecular complexity index is 2460. The Hall–Kier alpha value is -6.00. The zero-order valence-corrected chi connectivity index (χ0v) is 24.3. The minimum atomic E-state index is -0.370.